The van der Waals surface area contributed by atoms with Crippen LogP contribution in [0.3, 0.4) is 0 Å². The fourth-order valence-electron chi connectivity index (χ4n) is 2.18. The monoisotopic (exact) mass is 321 g/mol. The van der Waals surface area contributed by atoms with Gasteiger partial charge in [0.1, 0.15) is 0 Å². The van der Waals surface area contributed by atoms with Crippen molar-refractivity contribution < 1.29 is 4.92 Å². The van der Waals surface area contributed by atoms with E-state index in [0.717, 1.165) is 17.9 Å². The van der Waals surface area contributed by atoms with Crippen molar-refractivity contribution in [3.63, 3.8) is 0 Å². The second-order valence-corrected chi connectivity index (χ2v) is 6.27. The third-order valence-corrected chi connectivity index (χ3v) is 4.91. The van der Waals surface area contributed by atoms with Crippen molar-refractivity contribution in [3.8, 4) is 5.69 Å². The topological polar surface area (TPSA) is 78.0 Å². The Labute approximate surface area is 128 Å². The summed E-state index contributed by atoms with van der Waals surface area (Å²) in [6, 6.07) is 5.94. The van der Waals surface area contributed by atoms with E-state index in [0.29, 0.717) is 15.7 Å². The number of nitrogens with zero attached hydrogens (tertiary/aromatic N) is 3. The summed E-state index contributed by atoms with van der Waals surface area (Å²) in [6.07, 6.45) is 2.67. The van der Waals surface area contributed by atoms with E-state index >= 15 is 0 Å². The Morgan fingerprint density at radius 3 is 2.71 bits per heavy atom. The fraction of sp³-hybridized carbons (Fsp3) is 0.231. The maximum Gasteiger partial charge on any atom is 0.272 e. The number of thioether (sulfide) groups is 2. The van der Waals surface area contributed by atoms with E-state index in [2.05, 4.69) is 4.98 Å². The van der Waals surface area contributed by atoms with Crippen molar-refractivity contribution in [3.05, 3.63) is 50.4 Å². The van der Waals surface area contributed by atoms with Crippen LogP contribution in [0.4, 0.5) is 5.69 Å². The number of hydrogen-bond acceptors (Lipinski definition) is 6. The lowest BCUT2D eigenvalue weighted by molar-refractivity contribution is -0.384. The molecule has 0 saturated heterocycles. The number of nitro groups is 1. The quantitative estimate of drug-likeness (QED) is 0.374. The molecule has 0 amide bonds. The van der Waals surface area contributed by atoms with Gasteiger partial charge in [0.2, 0.25) is 0 Å². The van der Waals surface area contributed by atoms with Gasteiger partial charge in [-0.2, -0.15) is 0 Å². The van der Waals surface area contributed by atoms with E-state index in [1.165, 1.54) is 40.2 Å². The highest BCUT2D eigenvalue weighted by atomic mass is 32.2. The van der Waals surface area contributed by atoms with Gasteiger partial charge < -0.3 is 0 Å². The van der Waals surface area contributed by atoms with Gasteiger partial charge in [0.25, 0.3) is 11.2 Å². The summed E-state index contributed by atoms with van der Waals surface area (Å²) in [7, 11) is 0. The Kier molecular flexibility index (Phi) is 3.73. The molecule has 0 aliphatic carbocycles. The molecule has 0 atom stereocenters. The molecular formula is C13H11N3O3S2. The second-order valence-electron chi connectivity index (χ2n) is 4.39. The number of nitro benzene ring substituents is 1. The first-order valence-corrected chi connectivity index (χ1v) is 8.40. The lowest BCUT2D eigenvalue weighted by Gasteiger charge is -2.12. The van der Waals surface area contributed by atoms with E-state index in [1.54, 1.807) is 12.1 Å². The van der Waals surface area contributed by atoms with Gasteiger partial charge in [-0.3, -0.25) is 19.5 Å². The molecular weight excluding hydrogens is 310 g/mol. The van der Waals surface area contributed by atoms with Crippen LogP contribution < -0.4 is 5.56 Å². The minimum atomic E-state index is -0.459. The molecule has 6 nitrogen and oxygen atoms in total. The highest BCUT2D eigenvalue weighted by molar-refractivity contribution is 7.99. The first-order valence-electron chi connectivity index (χ1n) is 6.19. The first kappa shape index (κ1) is 14.2. The highest BCUT2D eigenvalue weighted by Gasteiger charge is 2.22. The molecule has 8 heteroatoms. The summed E-state index contributed by atoms with van der Waals surface area (Å²) in [5, 5.41) is 11.3. The molecule has 0 radical (unpaired) electrons. The predicted molar refractivity (Wildman–Crippen MR) is 82.7 cm³/mol. The third kappa shape index (κ3) is 2.44. The lowest BCUT2D eigenvalue weighted by Crippen LogP contribution is -2.23. The zero-order valence-corrected chi connectivity index (χ0v) is 12.7. The van der Waals surface area contributed by atoms with Crippen molar-refractivity contribution in [2.24, 2.45) is 0 Å². The average molecular weight is 321 g/mol. The van der Waals surface area contributed by atoms with Crippen molar-refractivity contribution in [1.29, 1.82) is 0 Å². The summed E-state index contributed by atoms with van der Waals surface area (Å²) in [4.78, 5) is 28.1. The van der Waals surface area contributed by atoms with E-state index in [9.17, 15) is 14.9 Å². The molecule has 1 aromatic heterocycles. The minimum absolute atomic E-state index is 0.000921. The van der Waals surface area contributed by atoms with Crippen LogP contribution in [0.15, 0.2) is 39.1 Å². The SMILES string of the molecule is CSc1nc2c(c(=O)n1-c1ccc([N+](=O)[O-])cc1)SCC2. The number of aromatic nitrogens is 2. The van der Waals surface area contributed by atoms with Gasteiger partial charge in [-0.25, -0.2) is 4.98 Å². The van der Waals surface area contributed by atoms with Gasteiger partial charge in [-0.1, -0.05) is 11.8 Å². The van der Waals surface area contributed by atoms with Crippen LogP contribution >= 0.6 is 23.5 Å². The molecule has 108 valence electrons. The van der Waals surface area contributed by atoms with Gasteiger partial charge in [-0.05, 0) is 18.4 Å². The van der Waals surface area contributed by atoms with Crippen LogP contribution in [0.25, 0.3) is 5.69 Å². The minimum Gasteiger partial charge on any atom is -0.268 e. The largest absolute Gasteiger partial charge is 0.272 e. The van der Waals surface area contributed by atoms with E-state index in [-0.39, 0.29) is 11.2 Å². The van der Waals surface area contributed by atoms with Crippen molar-refractivity contribution in [2.45, 2.75) is 16.5 Å². The van der Waals surface area contributed by atoms with Crippen LogP contribution in [0.5, 0.6) is 0 Å². The molecule has 3 rings (SSSR count). The van der Waals surface area contributed by atoms with Crippen LogP contribution in [0.1, 0.15) is 5.69 Å². The maximum absolute atomic E-state index is 12.6. The molecule has 0 N–H and O–H groups in total. The number of hydrogen-bond donors (Lipinski definition) is 0. The molecule has 0 fully saturated rings. The summed E-state index contributed by atoms with van der Waals surface area (Å²) < 4.78 is 1.52. The molecule has 21 heavy (non-hydrogen) atoms. The molecule has 0 unspecified atom stereocenters. The average Bonchev–Trinajstić information content (AvgIpc) is 2.96. The number of aryl methyl sites for hydroxylation is 1. The van der Waals surface area contributed by atoms with E-state index < -0.39 is 4.92 Å². The van der Waals surface area contributed by atoms with E-state index in [4.69, 9.17) is 0 Å². The Morgan fingerprint density at radius 2 is 2.10 bits per heavy atom. The summed E-state index contributed by atoms with van der Waals surface area (Å²) >= 11 is 2.91. The summed E-state index contributed by atoms with van der Waals surface area (Å²) in [5.74, 6) is 0.871. The summed E-state index contributed by atoms with van der Waals surface area (Å²) in [6.45, 7) is 0. The van der Waals surface area contributed by atoms with Crippen molar-refractivity contribution >= 4 is 29.2 Å². The second kappa shape index (κ2) is 5.53. The number of non-ortho nitro benzene ring substituents is 1. The lowest BCUT2D eigenvalue weighted by atomic mass is 10.2. The number of benzene rings is 1. The van der Waals surface area contributed by atoms with Crippen molar-refractivity contribution in [2.75, 3.05) is 12.0 Å². The first-order chi connectivity index (χ1) is 10.1. The van der Waals surface area contributed by atoms with Gasteiger partial charge in [-0.15, -0.1) is 11.8 Å². The Morgan fingerprint density at radius 1 is 1.38 bits per heavy atom. The highest BCUT2D eigenvalue weighted by Crippen LogP contribution is 2.29. The molecule has 1 aromatic carbocycles. The Bertz CT molecular complexity index is 771. The molecule has 2 heterocycles. The Hall–Kier alpha value is -1.80. The van der Waals surface area contributed by atoms with Crippen LogP contribution in [-0.2, 0) is 6.42 Å². The molecule has 0 saturated carbocycles. The maximum atomic E-state index is 12.6. The zero-order valence-electron chi connectivity index (χ0n) is 11.1. The zero-order chi connectivity index (χ0) is 15.0. The van der Waals surface area contributed by atoms with Gasteiger partial charge >= 0.3 is 0 Å². The van der Waals surface area contributed by atoms with Crippen LogP contribution in [-0.4, -0.2) is 26.5 Å². The molecule has 1 aliphatic rings. The predicted octanol–water partition coefficient (Wildman–Crippen LogP) is 2.51. The fourth-order valence-corrected chi connectivity index (χ4v) is 3.78. The molecule has 2 aromatic rings. The molecule has 1 aliphatic heterocycles. The van der Waals surface area contributed by atoms with Crippen LogP contribution in [0.2, 0.25) is 0 Å². The number of rotatable bonds is 3. The smallest absolute Gasteiger partial charge is 0.268 e. The van der Waals surface area contributed by atoms with Gasteiger partial charge in [0.05, 0.1) is 21.2 Å². The van der Waals surface area contributed by atoms with Crippen LogP contribution in [0, 0.1) is 10.1 Å². The Balaban J connectivity index is 2.17. The number of fused-ring (bicyclic) bond motifs is 1. The molecule has 0 spiro atoms. The third-order valence-electron chi connectivity index (χ3n) is 3.17. The molecule has 0 bridgehead atoms. The van der Waals surface area contributed by atoms with Gasteiger partial charge in [0.15, 0.2) is 5.16 Å². The van der Waals surface area contributed by atoms with Gasteiger partial charge in [0, 0.05) is 24.3 Å². The van der Waals surface area contributed by atoms with E-state index in [1.807, 2.05) is 6.26 Å². The normalized spacial score (nSPS) is 13.2. The summed E-state index contributed by atoms with van der Waals surface area (Å²) in [5.41, 5.74) is 1.35. The standard InChI is InChI=1S/C13H11N3O3S2/c1-20-13-14-10-6-7-21-11(10)12(17)15(13)8-2-4-9(5-3-8)16(18)19/h2-5H,6-7H2,1H3. The van der Waals surface area contributed by atoms with Crippen molar-refractivity contribution in [1.82, 2.24) is 9.55 Å².